The van der Waals surface area contributed by atoms with Crippen molar-refractivity contribution in [3.05, 3.63) is 59.7 Å². The van der Waals surface area contributed by atoms with E-state index in [1.54, 1.807) is 13.2 Å². The first-order valence-electron chi connectivity index (χ1n) is 9.86. The molecule has 3 nitrogen and oxygen atoms in total. The number of methoxy groups -OCH3 is 1. The third-order valence-corrected chi connectivity index (χ3v) is 6.53. The van der Waals surface area contributed by atoms with Gasteiger partial charge in [0.2, 0.25) is 0 Å². The molecule has 4 rings (SSSR count). The van der Waals surface area contributed by atoms with Gasteiger partial charge in [-0.2, -0.15) is 0 Å². The van der Waals surface area contributed by atoms with E-state index in [9.17, 15) is 5.11 Å². The van der Waals surface area contributed by atoms with E-state index in [1.165, 1.54) is 43.2 Å². The third-order valence-electron chi connectivity index (χ3n) is 6.53. The van der Waals surface area contributed by atoms with Crippen LogP contribution in [-0.4, -0.2) is 36.2 Å². The summed E-state index contributed by atoms with van der Waals surface area (Å²) in [4.78, 5) is 2.69. The molecule has 1 N–H and O–H groups in total. The number of aromatic hydroxyl groups is 1. The van der Waals surface area contributed by atoms with Crippen molar-refractivity contribution < 1.29 is 9.84 Å². The summed E-state index contributed by atoms with van der Waals surface area (Å²) in [7, 11) is 1.75. The predicted molar refractivity (Wildman–Crippen MR) is 112 cm³/mol. The zero-order valence-electron chi connectivity index (χ0n) is 16.1. The summed E-state index contributed by atoms with van der Waals surface area (Å²) in [6.45, 7) is 2.25. The Hall–Kier alpha value is -1.71. The van der Waals surface area contributed by atoms with Gasteiger partial charge in [0.05, 0.1) is 7.11 Å². The van der Waals surface area contributed by atoms with Crippen LogP contribution in [0.3, 0.4) is 0 Å². The van der Waals surface area contributed by atoms with Crippen molar-refractivity contribution in [1.29, 1.82) is 0 Å². The van der Waals surface area contributed by atoms with Gasteiger partial charge >= 0.3 is 0 Å². The molecular weight excluding hydrogens is 358 g/mol. The molecule has 1 saturated heterocycles. The second kappa shape index (κ2) is 8.53. The van der Waals surface area contributed by atoms with E-state index in [1.807, 2.05) is 18.2 Å². The topological polar surface area (TPSA) is 32.7 Å². The number of halogens is 1. The Bertz CT molecular complexity index is 766. The second-order valence-corrected chi connectivity index (χ2v) is 7.93. The first-order valence-corrected chi connectivity index (χ1v) is 9.86. The van der Waals surface area contributed by atoms with Crippen LogP contribution < -0.4 is 4.74 Å². The number of benzene rings is 2. The maximum atomic E-state index is 9.93. The molecule has 2 aliphatic rings. The number of hydrogen-bond acceptors (Lipinski definition) is 3. The molecule has 4 heteroatoms. The zero-order valence-corrected chi connectivity index (χ0v) is 16.9. The normalized spacial score (nSPS) is 24.9. The average molecular weight is 388 g/mol. The molecule has 2 atom stereocenters. The maximum absolute atomic E-state index is 9.93. The number of para-hydroxylation sites is 1. The van der Waals surface area contributed by atoms with Crippen molar-refractivity contribution in [2.75, 3.05) is 20.2 Å². The molecule has 1 heterocycles. The van der Waals surface area contributed by atoms with E-state index in [2.05, 4.69) is 29.2 Å². The summed E-state index contributed by atoms with van der Waals surface area (Å²) in [6.07, 6.45) is 7.30. The van der Waals surface area contributed by atoms with Gasteiger partial charge in [-0.15, -0.1) is 12.4 Å². The zero-order chi connectivity index (χ0) is 18.0. The second-order valence-electron chi connectivity index (χ2n) is 7.93. The van der Waals surface area contributed by atoms with Crippen LogP contribution in [0.2, 0.25) is 0 Å². The minimum Gasteiger partial charge on any atom is -0.508 e. The maximum Gasteiger partial charge on any atom is 0.122 e. The first kappa shape index (κ1) is 20.0. The molecule has 0 amide bonds. The highest BCUT2D eigenvalue weighted by atomic mass is 35.5. The fraction of sp³-hybridized carbons (Fsp3) is 0.478. The minimum absolute atomic E-state index is 0. The number of hydrogen-bond donors (Lipinski definition) is 1. The van der Waals surface area contributed by atoms with Crippen molar-refractivity contribution in [2.24, 2.45) is 0 Å². The van der Waals surface area contributed by atoms with Crippen LogP contribution in [0.15, 0.2) is 48.5 Å². The lowest BCUT2D eigenvalue weighted by Crippen LogP contribution is -2.52. The van der Waals surface area contributed by atoms with Gasteiger partial charge in [0.1, 0.15) is 11.5 Å². The highest BCUT2D eigenvalue weighted by molar-refractivity contribution is 5.85. The third kappa shape index (κ3) is 4.09. The van der Waals surface area contributed by atoms with Crippen molar-refractivity contribution in [3.63, 3.8) is 0 Å². The van der Waals surface area contributed by atoms with Gasteiger partial charge in [-0.1, -0.05) is 36.8 Å². The fourth-order valence-corrected chi connectivity index (χ4v) is 5.12. The van der Waals surface area contributed by atoms with Crippen LogP contribution in [-0.2, 0) is 11.8 Å². The van der Waals surface area contributed by atoms with Crippen LogP contribution in [0.4, 0.5) is 0 Å². The number of rotatable bonds is 5. The number of phenolic OH excluding ortho intramolecular Hbond substituents is 1. The van der Waals surface area contributed by atoms with E-state index in [0.717, 1.165) is 25.3 Å². The van der Waals surface area contributed by atoms with Crippen LogP contribution >= 0.6 is 12.4 Å². The summed E-state index contributed by atoms with van der Waals surface area (Å²) in [5, 5.41) is 9.93. The van der Waals surface area contributed by atoms with Crippen LogP contribution in [0.5, 0.6) is 11.5 Å². The molecule has 27 heavy (non-hydrogen) atoms. The van der Waals surface area contributed by atoms with Gasteiger partial charge < -0.3 is 9.84 Å². The lowest BCUT2D eigenvalue weighted by Gasteiger charge is -2.51. The largest absolute Gasteiger partial charge is 0.508 e. The van der Waals surface area contributed by atoms with Gasteiger partial charge in [-0.25, -0.2) is 0 Å². The smallest absolute Gasteiger partial charge is 0.122 e. The number of piperidine rings is 1. The molecule has 2 aromatic carbocycles. The summed E-state index contributed by atoms with van der Waals surface area (Å²) >= 11 is 0. The monoisotopic (exact) mass is 387 g/mol. The predicted octanol–water partition coefficient (Wildman–Crippen LogP) is 4.95. The van der Waals surface area contributed by atoms with Crippen LogP contribution in [0.1, 0.15) is 43.2 Å². The van der Waals surface area contributed by atoms with E-state index >= 15 is 0 Å². The van der Waals surface area contributed by atoms with Gasteiger partial charge in [0, 0.05) is 12.6 Å². The Morgan fingerprint density at radius 3 is 2.81 bits per heavy atom. The number of ether oxygens (including phenoxy) is 1. The highest BCUT2D eigenvalue weighted by Crippen LogP contribution is 2.47. The molecule has 2 bridgehead atoms. The van der Waals surface area contributed by atoms with Crippen molar-refractivity contribution in [1.82, 2.24) is 4.90 Å². The molecule has 1 saturated carbocycles. The van der Waals surface area contributed by atoms with E-state index < -0.39 is 0 Å². The molecule has 0 radical (unpaired) electrons. The molecule has 1 aliphatic carbocycles. The van der Waals surface area contributed by atoms with Gasteiger partial charge in [0.25, 0.3) is 0 Å². The highest BCUT2D eigenvalue weighted by Gasteiger charge is 2.43. The molecule has 0 unspecified atom stereocenters. The van der Waals surface area contributed by atoms with E-state index in [-0.39, 0.29) is 17.8 Å². The van der Waals surface area contributed by atoms with E-state index in [4.69, 9.17) is 4.74 Å². The molecule has 0 aromatic heterocycles. The molecule has 146 valence electrons. The summed E-state index contributed by atoms with van der Waals surface area (Å²) in [6, 6.07) is 17.0. The Balaban J connectivity index is 0.00000210. The van der Waals surface area contributed by atoms with Crippen molar-refractivity contribution in [3.8, 4) is 11.5 Å². The lowest BCUT2D eigenvalue weighted by atomic mass is 9.63. The number of phenols is 1. The van der Waals surface area contributed by atoms with E-state index in [0.29, 0.717) is 11.8 Å². The Morgan fingerprint density at radius 1 is 1.15 bits per heavy atom. The minimum atomic E-state index is 0. The lowest BCUT2D eigenvalue weighted by molar-refractivity contribution is 0.0523. The molecule has 2 aromatic rings. The molecule has 0 spiro atoms. The molecule has 2 fully saturated rings. The van der Waals surface area contributed by atoms with Gasteiger partial charge in [0.15, 0.2) is 0 Å². The van der Waals surface area contributed by atoms with Crippen LogP contribution in [0, 0.1) is 0 Å². The number of likely N-dealkylation sites (tertiary alicyclic amines) is 1. The first-order chi connectivity index (χ1) is 12.7. The Morgan fingerprint density at radius 2 is 2.00 bits per heavy atom. The summed E-state index contributed by atoms with van der Waals surface area (Å²) in [5.41, 5.74) is 2.91. The fourth-order valence-electron chi connectivity index (χ4n) is 5.12. The standard InChI is InChI=1S/C23H29NO2.ClH/c1-26-22-10-3-2-6-18(22)11-14-24-15-13-23(12-5-8-20(24)17-23)19-7-4-9-21(25)16-19;/h2-4,6-7,9-10,16,20,25H,5,8,11-15,17H2,1H3;1H/t20-,23+;/m0./s1. The quantitative estimate of drug-likeness (QED) is 0.787. The SMILES string of the molecule is COc1ccccc1CCN1CC[C@]2(c3cccc(O)c3)CCC[C@H]1C2.Cl. The molecule has 1 aliphatic heterocycles. The molecular formula is C23H30ClNO2. The number of nitrogens with zero attached hydrogens (tertiary/aromatic N) is 1. The van der Waals surface area contributed by atoms with Gasteiger partial charge in [-0.3, -0.25) is 4.90 Å². The summed E-state index contributed by atoms with van der Waals surface area (Å²) in [5.74, 6) is 1.40. The Labute approximate surface area is 168 Å². The summed E-state index contributed by atoms with van der Waals surface area (Å²) < 4.78 is 5.51. The van der Waals surface area contributed by atoms with Crippen molar-refractivity contribution >= 4 is 12.4 Å². The van der Waals surface area contributed by atoms with Crippen LogP contribution in [0.25, 0.3) is 0 Å². The van der Waals surface area contributed by atoms with Crippen molar-refractivity contribution in [2.45, 2.75) is 50.0 Å². The Kier molecular flexibility index (Phi) is 6.33. The average Bonchev–Trinajstić information content (AvgIpc) is 2.68. The number of fused-ring (bicyclic) bond motifs is 2. The van der Waals surface area contributed by atoms with Gasteiger partial charge in [-0.05, 0) is 73.4 Å².